The first-order valence-electron chi connectivity index (χ1n) is 11.0. The molecule has 1 saturated heterocycles. The molecule has 0 bridgehead atoms. The van der Waals surface area contributed by atoms with Crippen LogP contribution in [0.2, 0.25) is 0 Å². The summed E-state index contributed by atoms with van der Waals surface area (Å²) in [5.74, 6) is -1.90. The number of aryl methyl sites for hydroxylation is 1. The molecule has 1 aromatic carbocycles. The van der Waals surface area contributed by atoms with Crippen LogP contribution in [-0.4, -0.2) is 79.0 Å². The second-order valence-electron chi connectivity index (χ2n) is 8.51. The van der Waals surface area contributed by atoms with Gasteiger partial charge in [0.25, 0.3) is 11.7 Å². The smallest absolute Gasteiger partial charge is 0.354 e. The van der Waals surface area contributed by atoms with E-state index in [0.717, 1.165) is 6.54 Å². The van der Waals surface area contributed by atoms with E-state index < -0.39 is 23.7 Å². The molecule has 1 aliphatic heterocycles. The van der Waals surface area contributed by atoms with Crippen LogP contribution in [0.1, 0.15) is 45.3 Å². The quantitative estimate of drug-likeness (QED) is 0.265. The molecule has 1 aliphatic rings. The molecule has 1 amide bonds. The lowest BCUT2D eigenvalue weighted by Crippen LogP contribution is -2.32. The summed E-state index contributed by atoms with van der Waals surface area (Å²) in [6.07, 6.45) is 0.639. The fraction of sp³-hybridized carbons (Fsp3) is 0.400. The molecule has 0 saturated carbocycles. The Balaban J connectivity index is 2.22. The number of benzene rings is 1. The first kappa shape index (κ1) is 25.0. The molecule has 0 spiro atoms. The highest BCUT2D eigenvalue weighted by atomic mass is 16.5. The number of hydrogen-bond acceptors (Lipinski definition) is 7. The van der Waals surface area contributed by atoms with E-state index in [0.29, 0.717) is 41.1 Å². The number of nitrogens with zero attached hydrogens (tertiary/aromatic N) is 2. The number of carbonyl (C=O) groups excluding carboxylic acids is 3. The number of amides is 1. The summed E-state index contributed by atoms with van der Waals surface area (Å²) in [6, 6.07) is 6.27. The number of aromatic amines is 1. The summed E-state index contributed by atoms with van der Waals surface area (Å²) in [6.45, 7) is 4.37. The van der Waals surface area contributed by atoms with Crippen LogP contribution in [-0.2, 0) is 14.3 Å². The summed E-state index contributed by atoms with van der Waals surface area (Å²) in [5.41, 5.74) is 1.94. The molecule has 182 valence electrons. The van der Waals surface area contributed by atoms with Crippen molar-refractivity contribution in [2.24, 2.45) is 0 Å². The van der Waals surface area contributed by atoms with E-state index in [-0.39, 0.29) is 17.0 Å². The molecule has 0 unspecified atom stereocenters. The van der Waals surface area contributed by atoms with E-state index in [2.05, 4.69) is 4.98 Å². The highest BCUT2D eigenvalue weighted by Crippen LogP contribution is 2.43. The Labute approximate surface area is 199 Å². The van der Waals surface area contributed by atoms with E-state index in [1.807, 2.05) is 19.0 Å². The van der Waals surface area contributed by atoms with Crippen LogP contribution < -0.4 is 4.74 Å². The fourth-order valence-electron chi connectivity index (χ4n) is 4.43. The van der Waals surface area contributed by atoms with Crippen LogP contribution >= 0.6 is 0 Å². The van der Waals surface area contributed by atoms with Crippen molar-refractivity contribution in [1.82, 2.24) is 14.8 Å². The number of H-pyrrole nitrogens is 1. The van der Waals surface area contributed by atoms with Crippen molar-refractivity contribution in [3.05, 3.63) is 57.9 Å². The van der Waals surface area contributed by atoms with E-state index in [9.17, 15) is 19.5 Å². The summed E-state index contributed by atoms with van der Waals surface area (Å²) < 4.78 is 10.3. The predicted molar refractivity (Wildman–Crippen MR) is 127 cm³/mol. The lowest BCUT2D eigenvalue weighted by atomic mass is 9.93. The van der Waals surface area contributed by atoms with Gasteiger partial charge in [-0.25, -0.2) is 4.79 Å². The number of ether oxygens (including phenoxy) is 2. The third kappa shape index (κ3) is 4.43. The summed E-state index contributed by atoms with van der Waals surface area (Å²) >= 11 is 0. The van der Waals surface area contributed by atoms with Gasteiger partial charge in [0.15, 0.2) is 0 Å². The maximum atomic E-state index is 13.3. The molecule has 3 rings (SSSR count). The van der Waals surface area contributed by atoms with Gasteiger partial charge in [-0.1, -0.05) is 18.2 Å². The van der Waals surface area contributed by atoms with Crippen molar-refractivity contribution in [3.8, 4) is 5.75 Å². The number of carbonyl (C=O) groups is 3. The first-order valence-corrected chi connectivity index (χ1v) is 11.0. The van der Waals surface area contributed by atoms with E-state index in [4.69, 9.17) is 9.47 Å². The maximum Gasteiger partial charge on any atom is 0.354 e. The third-order valence-electron chi connectivity index (χ3n) is 6.04. The van der Waals surface area contributed by atoms with Crippen molar-refractivity contribution in [1.29, 1.82) is 0 Å². The van der Waals surface area contributed by atoms with Gasteiger partial charge in [0.2, 0.25) is 0 Å². The number of hydrogen-bond donors (Lipinski definition) is 2. The Hall–Kier alpha value is -3.59. The van der Waals surface area contributed by atoms with Crippen LogP contribution in [0.4, 0.5) is 0 Å². The van der Waals surface area contributed by atoms with Gasteiger partial charge in [-0.2, -0.15) is 0 Å². The standard InChI is InChI=1S/C25H31N3O6/c1-14-18(15(2)26-20(14)25(32)34-6)22(29)19-21(16-10-7-8-11-17(16)33-5)28(24(31)23(19)30)13-9-12-27(3)4/h7-8,10-11,21,26,29H,9,12-13H2,1-6H3/b22-19+/t21-/m0/s1. The first-order chi connectivity index (χ1) is 16.1. The van der Waals surface area contributed by atoms with E-state index >= 15 is 0 Å². The number of aromatic nitrogens is 1. The summed E-state index contributed by atoms with van der Waals surface area (Å²) in [7, 11) is 6.64. The van der Waals surface area contributed by atoms with Crippen molar-refractivity contribution >= 4 is 23.4 Å². The second-order valence-corrected chi connectivity index (χ2v) is 8.51. The zero-order valence-corrected chi connectivity index (χ0v) is 20.4. The SMILES string of the molecule is COC(=O)c1[nH]c(C)c(/C(O)=C2\C(=O)C(=O)N(CCCN(C)C)[C@H]2c2ccccc2OC)c1C. The highest BCUT2D eigenvalue weighted by molar-refractivity contribution is 6.46. The van der Waals surface area contributed by atoms with Crippen molar-refractivity contribution in [2.45, 2.75) is 26.3 Å². The number of aliphatic hydroxyl groups excluding tert-OH is 1. The van der Waals surface area contributed by atoms with Crippen molar-refractivity contribution in [2.75, 3.05) is 41.4 Å². The Morgan fingerprint density at radius 3 is 2.47 bits per heavy atom. The lowest BCUT2D eigenvalue weighted by Gasteiger charge is -2.27. The molecular formula is C25H31N3O6. The molecule has 0 radical (unpaired) electrons. The van der Waals surface area contributed by atoms with Gasteiger partial charge in [-0.05, 0) is 52.5 Å². The third-order valence-corrected chi connectivity index (χ3v) is 6.04. The number of esters is 1. The molecule has 0 aliphatic carbocycles. The van der Waals surface area contributed by atoms with Crippen LogP contribution in [0.5, 0.6) is 5.75 Å². The maximum absolute atomic E-state index is 13.3. The average Bonchev–Trinajstić information content (AvgIpc) is 3.25. The van der Waals surface area contributed by atoms with Gasteiger partial charge in [0.1, 0.15) is 17.2 Å². The minimum atomic E-state index is -0.839. The van der Waals surface area contributed by atoms with Crippen LogP contribution in [0, 0.1) is 13.8 Å². The Morgan fingerprint density at radius 1 is 1.18 bits per heavy atom. The van der Waals surface area contributed by atoms with Crippen LogP contribution in [0.25, 0.3) is 5.76 Å². The largest absolute Gasteiger partial charge is 0.507 e. The van der Waals surface area contributed by atoms with Gasteiger partial charge in [-0.3, -0.25) is 9.59 Å². The highest BCUT2D eigenvalue weighted by Gasteiger charge is 2.47. The second kappa shape index (κ2) is 10.1. The summed E-state index contributed by atoms with van der Waals surface area (Å²) in [4.78, 5) is 45.0. The zero-order chi connectivity index (χ0) is 25.2. The van der Waals surface area contributed by atoms with Gasteiger partial charge >= 0.3 is 5.97 Å². The van der Waals surface area contributed by atoms with E-state index in [1.54, 1.807) is 38.1 Å². The molecule has 2 aromatic rings. The molecule has 9 heteroatoms. The number of Topliss-reactive ketones (excluding diaryl/α,β-unsaturated/α-hetero) is 1. The molecule has 9 nitrogen and oxygen atoms in total. The van der Waals surface area contributed by atoms with Crippen LogP contribution in [0.15, 0.2) is 29.8 Å². The molecule has 2 N–H and O–H groups in total. The molecular weight excluding hydrogens is 438 g/mol. The Morgan fingerprint density at radius 2 is 1.85 bits per heavy atom. The average molecular weight is 470 g/mol. The van der Waals surface area contributed by atoms with E-state index in [1.165, 1.54) is 19.1 Å². The number of para-hydroxylation sites is 1. The minimum absolute atomic E-state index is 0.0408. The lowest BCUT2D eigenvalue weighted by molar-refractivity contribution is -0.140. The van der Waals surface area contributed by atoms with Crippen molar-refractivity contribution < 1.29 is 29.0 Å². The number of likely N-dealkylation sites (tertiary alicyclic amines) is 1. The molecule has 1 fully saturated rings. The van der Waals surface area contributed by atoms with Crippen molar-refractivity contribution in [3.63, 3.8) is 0 Å². The van der Waals surface area contributed by atoms with Crippen LogP contribution in [0.3, 0.4) is 0 Å². The molecule has 34 heavy (non-hydrogen) atoms. The molecule has 1 aromatic heterocycles. The zero-order valence-electron chi connectivity index (χ0n) is 20.4. The number of ketones is 1. The van der Waals surface area contributed by atoms with Gasteiger partial charge in [0.05, 0.1) is 25.8 Å². The normalized spacial score (nSPS) is 17.5. The van der Waals surface area contributed by atoms with Gasteiger partial charge in [-0.15, -0.1) is 0 Å². The summed E-state index contributed by atoms with van der Waals surface area (Å²) in [5, 5.41) is 11.4. The monoisotopic (exact) mass is 469 g/mol. The number of methoxy groups -OCH3 is 2. The number of rotatable bonds is 8. The topological polar surface area (TPSA) is 112 Å². The molecule has 2 heterocycles. The Kier molecular flexibility index (Phi) is 7.46. The fourth-order valence-corrected chi connectivity index (χ4v) is 4.43. The van der Waals surface area contributed by atoms with Gasteiger partial charge < -0.3 is 29.4 Å². The minimum Gasteiger partial charge on any atom is -0.507 e. The molecule has 1 atom stereocenters. The number of aliphatic hydroxyl groups is 1. The van der Waals surface area contributed by atoms with Gasteiger partial charge in [0, 0.05) is 23.4 Å². The number of nitrogens with one attached hydrogen (secondary N) is 1. The predicted octanol–water partition coefficient (Wildman–Crippen LogP) is 2.80. The Bertz CT molecular complexity index is 1150.